The van der Waals surface area contributed by atoms with Crippen molar-refractivity contribution in [1.82, 2.24) is 14.7 Å². The van der Waals surface area contributed by atoms with E-state index in [1.54, 1.807) is 0 Å². The Kier molecular flexibility index (Phi) is 6.93. The lowest BCUT2D eigenvalue weighted by Crippen LogP contribution is -2.51. The molecule has 0 aliphatic carbocycles. The van der Waals surface area contributed by atoms with Gasteiger partial charge in [-0.1, -0.05) is 20.8 Å². The number of hydrogen-bond donors (Lipinski definition) is 0. The second-order valence-electron chi connectivity index (χ2n) is 5.99. The molecule has 0 atom stereocenters. The number of piperazine rings is 1. The van der Waals surface area contributed by atoms with Gasteiger partial charge >= 0.3 is 6.18 Å². The number of carbonyl (C=O) groups is 1. The topological polar surface area (TPSA) is 26.8 Å². The van der Waals surface area contributed by atoms with E-state index in [4.69, 9.17) is 0 Å². The second-order valence-corrected chi connectivity index (χ2v) is 5.99. The van der Waals surface area contributed by atoms with E-state index in [1.165, 1.54) is 0 Å². The van der Waals surface area contributed by atoms with Gasteiger partial charge in [0.05, 0.1) is 6.54 Å². The van der Waals surface area contributed by atoms with Crippen LogP contribution >= 0.6 is 0 Å². The zero-order valence-electron chi connectivity index (χ0n) is 13.1. The summed E-state index contributed by atoms with van der Waals surface area (Å²) in [4.78, 5) is 17.3. The number of likely N-dealkylation sites (N-methyl/N-ethyl adjacent to an activating group) is 1. The van der Waals surface area contributed by atoms with E-state index >= 15 is 0 Å². The quantitative estimate of drug-likeness (QED) is 0.747. The van der Waals surface area contributed by atoms with Crippen molar-refractivity contribution in [3.8, 4) is 0 Å². The van der Waals surface area contributed by atoms with Crippen LogP contribution in [0.15, 0.2) is 0 Å². The van der Waals surface area contributed by atoms with Crippen LogP contribution in [0.25, 0.3) is 0 Å². The lowest BCUT2D eigenvalue weighted by Gasteiger charge is -2.35. The summed E-state index contributed by atoms with van der Waals surface area (Å²) in [6.45, 7) is 8.96. The van der Waals surface area contributed by atoms with E-state index in [2.05, 4.69) is 11.8 Å². The lowest BCUT2D eigenvalue weighted by molar-refractivity contribution is -0.163. The fourth-order valence-electron chi connectivity index (χ4n) is 2.47. The third kappa shape index (κ3) is 7.13. The summed E-state index contributed by atoms with van der Waals surface area (Å²) in [5.74, 6) is -0.404. The van der Waals surface area contributed by atoms with Gasteiger partial charge in [-0.2, -0.15) is 13.2 Å². The Morgan fingerprint density at radius 3 is 2.10 bits per heavy atom. The van der Waals surface area contributed by atoms with Crippen molar-refractivity contribution < 1.29 is 18.0 Å². The first-order chi connectivity index (χ1) is 9.71. The molecule has 1 aliphatic rings. The number of nitrogens with zero attached hydrogens (tertiary/aromatic N) is 3. The highest BCUT2D eigenvalue weighted by Gasteiger charge is 2.33. The number of carbonyl (C=O) groups excluding carboxylic acids is 1. The number of rotatable bonds is 6. The maximum absolute atomic E-state index is 12.6. The minimum Gasteiger partial charge on any atom is -0.332 e. The SMILES string of the molecule is CCN1CCN(CC(=O)N(CC(C)C)CC(F)(F)F)CC1. The summed E-state index contributed by atoms with van der Waals surface area (Å²) in [6.07, 6.45) is -4.34. The predicted molar refractivity (Wildman–Crippen MR) is 76.0 cm³/mol. The van der Waals surface area contributed by atoms with Crippen molar-refractivity contribution in [2.75, 3.05) is 52.4 Å². The van der Waals surface area contributed by atoms with Gasteiger partial charge < -0.3 is 9.80 Å². The van der Waals surface area contributed by atoms with Crippen LogP contribution in [0.3, 0.4) is 0 Å². The number of hydrogen-bond acceptors (Lipinski definition) is 3. The molecule has 1 aliphatic heterocycles. The zero-order chi connectivity index (χ0) is 16.0. The van der Waals surface area contributed by atoms with Gasteiger partial charge in [0.1, 0.15) is 6.54 Å². The van der Waals surface area contributed by atoms with E-state index in [-0.39, 0.29) is 19.0 Å². The van der Waals surface area contributed by atoms with Crippen LogP contribution in [0.1, 0.15) is 20.8 Å². The Labute approximate surface area is 124 Å². The van der Waals surface area contributed by atoms with Crippen molar-refractivity contribution in [1.29, 1.82) is 0 Å². The van der Waals surface area contributed by atoms with E-state index < -0.39 is 18.6 Å². The van der Waals surface area contributed by atoms with Crippen LogP contribution in [0, 0.1) is 5.92 Å². The van der Waals surface area contributed by atoms with Crippen molar-refractivity contribution in [2.24, 2.45) is 5.92 Å². The molecule has 1 amide bonds. The number of halogens is 3. The summed E-state index contributed by atoms with van der Waals surface area (Å²) >= 11 is 0. The third-order valence-corrected chi connectivity index (χ3v) is 3.58. The molecular weight excluding hydrogens is 283 g/mol. The van der Waals surface area contributed by atoms with Crippen molar-refractivity contribution >= 4 is 5.91 Å². The highest BCUT2D eigenvalue weighted by atomic mass is 19.4. The molecule has 0 N–H and O–H groups in total. The van der Waals surface area contributed by atoms with Gasteiger partial charge in [-0.15, -0.1) is 0 Å². The largest absolute Gasteiger partial charge is 0.406 e. The molecule has 0 bridgehead atoms. The Balaban J connectivity index is 2.52. The maximum atomic E-state index is 12.6. The van der Waals surface area contributed by atoms with Crippen LogP contribution < -0.4 is 0 Å². The molecule has 0 radical (unpaired) electrons. The lowest BCUT2D eigenvalue weighted by atomic mass is 10.2. The van der Waals surface area contributed by atoms with Gasteiger partial charge in [-0.05, 0) is 12.5 Å². The fourth-order valence-corrected chi connectivity index (χ4v) is 2.47. The minimum atomic E-state index is -4.34. The molecule has 7 heteroatoms. The zero-order valence-corrected chi connectivity index (χ0v) is 13.1. The van der Waals surface area contributed by atoms with Crippen LogP contribution in [0.2, 0.25) is 0 Å². The smallest absolute Gasteiger partial charge is 0.332 e. The normalized spacial score (nSPS) is 18.2. The summed E-state index contributed by atoms with van der Waals surface area (Å²) < 4.78 is 37.7. The summed E-state index contributed by atoms with van der Waals surface area (Å²) in [7, 11) is 0. The minimum absolute atomic E-state index is 0.0215. The van der Waals surface area contributed by atoms with Crippen LogP contribution in [-0.4, -0.2) is 79.1 Å². The monoisotopic (exact) mass is 309 g/mol. The molecule has 21 heavy (non-hydrogen) atoms. The van der Waals surface area contributed by atoms with Gasteiger partial charge in [0, 0.05) is 32.7 Å². The van der Waals surface area contributed by atoms with E-state index in [0.29, 0.717) is 0 Å². The highest BCUT2D eigenvalue weighted by molar-refractivity contribution is 5.78. The van der Waals surface area contributed by atoms with E-state index in [9.17, 15) is 18.0 Å². The molecule has 1 saturated heterocycles. The van der Waals surface area contributed by atoms with Crippen molar-refractivity contribution in [3.63, 3.8) is 0 Å². The van der Waals surface area contributed by atoms with E-state index in [0.717, 1.165) is 37.6 Å². The summed E-state index contributed by atoms with van der Waals surface area (Å²) in [5, 5.41) is 0. The average molecular weight is 309 g/mol. The Morgan fingerprint density at radius 1 is 1.14 bits per heavy atom. The molecule has 0 saturated carbocycles. The van der Waals surface area contributed by atoms with Gasteiger partial charge in [0.15, 0.2) is 0 Å². The molecule has 124 valence electrons. The number of amides is 1. The Bertz CT molecular complexity index is 326. The molecule has 1 heterocycles. The first-order valence-corrected chi connectivity index (χ1v) is 7.50. The van der Waals surface area contributed by atoms with Gasteiger partial charge in [-0.3, -0.25) is 9.69 Å². The average Bonchev–Trinajstić information content (AvgIpc) is 2.36. The van der Waals surface area contributed by atoms with Gasteiger partial charge in [0.25, 0.3) is 0 Å². The maximum Gasteiger partial charge on any atom is 0.406 e. The van der Waals surface area contributed by atoms with Gasteiger partial charge in [-0.25, -0.2) is 0 Å². The predicted octanol–water partition coefficient (Wildman–Crippen LogP) is 1.67. The van der Waals surface area contributed by atoms with Crippen LogP contribution in [0.5, 0.6) is 0 Å². The third-order valence-electron chi connectivity index (χ3n) is 3.58. The first-order valence-electron chi connectivity index (χ1n) is 7.50. The number of alkyl halides is 3. The summed E-state index contributed by atoms with van der Waals surface area (Å²) in [5.41, 5.74) is 0. The second kappa shape index (κ2) is 7.98. The summed E-state index contributed by atoms with van der Waals surface area (Å²) in [6, 6.07) is 0. The van der Waals surface area contributed by atoms with Crippen LogP contribution in [0.4, 0.5) is 13.2 Å². The first kappa shape index (κ1) is 18.2. The fraction of sp³-hybridized carbons (Fsp3) is 0.929. The molecule has 0 aromatic carbocycles. The molecular formula is C14H26F3N3O. The molecule has 1 fully saturated rings. The Morgan fingerprint density at radius 2 is 1.67 bits per heavy atom. The highest BCUT2D eigenvalue weighted by Crippen LogP contribution is 2.17. The molecule has 0 aromatic rings. The van der Waals surface area contributed by atoms with Gasteiger partial charge in [0.2, 0.25) is 5.91 Å². The molecule has 0 aromatic heterocycles. The molecule has 4 nitrogen and oxygen atoms in total. The molecule has 0 spiro atoms. The Hall–Kier alpha value is -0.820. The molecule has 1 rings (SSSR count). The van der Waals surface area contributed by atoms with E-state index in [1.807, 2.05) is 18.7 Å². The van der Waals surface area contributed by atoms with Crippen molar-refractivity contribution in [3.05, 3.63) is 0 Å². The molecule has 0 unspecified atom stereocenters. The standard InChI is InChI=1S/C14H26F3N3O/c1-4-18-5-7-19(8-6-18)10-13(21)20(9-12(2)3)11-14(15,16)17/h12H,4-11H2,1-3H3. The van der Waals surface area contributed by atoms with Crippen molar-refractivity contribution in [2.45, 2.75) is 26.9 Å². The van der Waals surface area contributed by atoms with Crippen LogP contribution in [-0.2, 0) is 4.79 Å².